The molecule has 2 heterocycles. The minimum atomic E-state index is 0.283. The van der Waals surface area contributed by atoms with Gasteiger partial charge in [0.05, 0.1) is 12.2 Å². The van der Waals surface area contributed by atoms with Gasteiger partial charge in [-0.2, -0.15) is 5.10 Å². The minimum Gasteiger partial charge on any atom is -0.306 e. The van der Waals surface area contributed by atoms with Gasteiger partial charge in [-0.25, -0.2) is 0 Å². The molecule has 2 aromatic rings. The Bertz CT molecular complexity index is 433. The van der Waals surface area contributed by atoms with Gasteiger partial charge < -0.3 is 5.32 Å². The highest BCUT2D eigenvalue weighted by Crippen LogP contribution is 2.25. The molecular weight excluding hydrogens is 230 g/mol. The molecule has 1 atom stereocenters. The van der Waals surface area contributed by atoms with Gasteiger partial charge >= 0.3 is 0 Å². The molecule has 0 radical (unpaired) electrons. The van der Waals surface area contributed by atoms with E-state index in [9.17, 15) is 0 Å². The minimum absolute atomic E-state index is 0.283. The van der Waals surface area contributed by atoms with Crippen LogP contribution in [0, 0.1) is 0 Å². The highest BCUT2D eigenvalue weighted by Gasteiger charge is 2.15. The summed E-state index contributed by atoms with van der Waals surface area (Å²) in [6.45, 7) is 6.25. The number of thiophene rings is 1. The predicted octanol–water partition coefficient (Wildman–Crippen LogP) is 3.05. The summed E-state index contributed by atoms with van der Waals surface area (Å²) < 4.78 is 2.02. The summed E-state index contributed by atoms with van der Waals surface area (Å²) in [5.74, 6) is 0. The summed E-state index contributed by atoms with van der Waals surface area (Å²) in [5, 5.41) is 10.0. The smallest absolute Gasteiger partial charge is 0.0701 e. The van der Waals surface area contributed by atoms with E-state index in [-0.39, 0.29) is 6.04 Å². The summed E-state index contributed by atoms with van der Waals surface area (Å²) >= 11 is 1.79. The fraction of sp³-hybridized carbons (Fsp3) is 0.462. The average Bonchev–Trinajstić information content (AvgIpc) is 2.97. The molecule has 0 aliphatic heterocycles. The zero-order chi connectivity index (χ0) is 12.1. The van der Waals surface area contributed by atoms with Crippen LogP contribution in [0.15, 0.2) is 29.9 Å². The van der Waals surface area contributed by atoms with Crippen LogP contribution in [0.5, 0.6) is 0 Å². The van der Waals surface area contributed by atoms with Gasteiger partial charge in [0.2, 0.25) is 0 Å². The number of aryl methyl sites for hydroxylation is 1. The van der Waals surface area contributed by atoms with E-state index < -0.39 is 0 Å². The molecule has 0 aliphatic rings. The van der Waals surface area contributed by atoms with Crippen LogP contribution in [0.1, 0.15) is 36.8 Å². The first kappa shape index (κ1) is 12.3. The van der Waals surface area contributed by atoms with Gasteiger partial charge in [-0.05, 0) is 24.4 Å². The Morgan fingerprint density at radius 2 is 2.35 bits per heavy atom. The number of aromatic nitrogens is 2. The summed E-state index contributed by atoms with van der Waals surface area (Å²) in [5.41, 5.74) is 1.25. The highest BCUT2D eigenvalue weighted by atomic mass is 32.1. The fourth-order valence-electron chi connectivity index (χ4n) is 1.92. The van der Waals surface area contributed by atoms with Gasteiger partial charge in [-0.15, -0.1) is 11.3 Å². The largest absolute Gasteiger partial charge is 0.306 e. The van der Waals surface area contributed by atoms with Gasteiger partial charge in [0.25, 0.3) is 0 Å². The SMILES string of the molecule is CCCn1cc(C(NCC)c2cccs2)cn1. The molecule has 0 aliphatic carbocycles. The molecule has 0 aromatic carbocycles. The molecule has 2 rings (SSSR count). The van der Waals surface area contributed by atoms with E-state index in [0.717, 1.165) is 19.5 Å². The maximum atomic E-state index is 4.40. The second-order valence-electron chi connectivity index (χ2n) is 4.04. The van der Waals surface area contributed by atoms with Gasteiger partial charge in [0.1, 0.15) is 0 Å². The van der Waals surface area contributed by atoms with Crippen LogP contribution in [0.4, 0.5) is 0 Å². The Hall–Kier alpha value is -1.13. The van der Waals surface area contributed by atoms with Crippen LogP contribution < -0.4 is 5.32 Å². The van der Waals surface area contributed by atoms with Crippen LogP contribution in [0.2, 0.25) is 0 Å². The van der Waals surface area contributed by atoms with Crippen LogP contribution in [-0.4, -0.2) is 16.3 Å². The second kappa shape index (κ2) is 5.98. The predicted molar refractivity (Wildman–Crippen MR) is 72.4 cm³/mol. The van der Waals surface area contributed by atoms with Crippen LogP contribution >= 0.6 is 11.3 Å². The van der Waals surface area contributed by atoms with Crippen LogP contribution in [-0.2, 0) is 6.54 Å². The maximum Gasteiger partial charge on any atom is 0.0701 e. The lowest BCUT2D eigenvalue weighted by molar-refractivity contribution is 0.598. The molecule has 4 heteroatoms. The van der Waals surface area contributed by atoms with E-state index in [0.29, 0.717) is 0 Å². The summed E-state index contributed by atoms with van der Waals surface area (Å²) in [4.78, 5) is 1.35. The topological polar surface area (TPSA) is 29.9 Å². The Kier molecular flexibility index (Phi) is 4.34. The molecule has 0 spiro atoms. The maximum absolute atomic E-state index is 4.40. The lowest BCUT2D eigenvalue weighted by Crippen LogP contribution is -2.20. The quantitative estimate of drug-likeness (QED) is 0.852. The first-order valence-electron chi connectivity index (χ1n) is 6.14. The monoisotopic (exact) mass is 249 g/mol. The Morgan fingerprint density at radius 3 is 3.00 bits per heavy atom. The van der Waals surface area contributed by atoms with Crippen molar-refractivity contribution < 1.29 is 0 Å². The van der Waals surface area contributed by atoms with Crippen molar-refractivity contribution >= 4 is 11.3 Å². The van der Waals surface area contributed by atoms with Crippen LogP contribution in [0.25, 0.3) is 0 Å². The van der Waals surface area contributed by atoms with Crippen molar-refractivity contribution in [1.29, 1.82) is 0 Å². The molecule has 0 saturated carbocycles. The van der Waals surface area contributed by atoms with Crippen molar-refractivity contribution in [3.63, 3.8) is 0 Å². The third-order valence-corrected chi connectivity index (χ3v) is 3.61. The number of rotatable bonds is 6. The zero-order valence-corrected chi connectivity index (χ0v) is 11.2. The van der Waals surface area contributed by atoms with E-state index in [1.807, 2.05) is 10.9 Å². The zero-order valence-electron chi connectivity index (χ0n) is 10.4. The van der Waals surface area contributed by atoms with Crippen molar-refractivity contribution in [2.75, 3.05) is 6.54 Å². The average molecular weight is 249 g/mol. The lowest BCUT2D eigenvalue weighted by atomic mass is 10.1. The van der Waals surface area contributed by atoms with E-state index in [2.05, 4.69) is 48.0 Å². The van der Waals surface area contributed by atoms with E-state index >= 15 is 0 Å². The molecule has 0 amide bonds. The van der Waals surface area contributed by atoms with Gasteiger partial charge in [0, 0.05) is 23.2 Å². The molecule has 3 nitrogen and oxygen atoms in total. The van der Waals surface area contributed by atoms with E-state index in [4.69, 9.17) is 0 Å². The van der Waals surface area contributed by atoms with Crippen molar-refractivity contribution in [1.82, 2.24) is 15.1 Å². The first-order chi connectivity index (χ1) is 8.35. The molecule has 17 heavy (non-hydrogen) atoms. The second-order valence-corrected chi connectivity index (χ2v) is 5.02. The van der Waals surface area contributed by atoms with Crippen molar-refractivity contribution in [3.8, 4) is 0 Å². The molecule has 1 N–H and O–H groups in total. The standard InChI is InChI=1S/C13H19N3S/c1-3-7-16-10-11(9-15-16)13(14-4-2)12-6-5-8-17-12/h5-6,8-10,13-14H,3-4,7H2,1-2H3. The fourth-order valence-corrected chi connectivity index (χ4v) is 2.75. The Balaban J connectivity index is 2.20. The molecular formula is C13H19N3S. The van der Waals surface area contributed by atoms with Crippen LogP contribution in [0.3, 0.4) is 0 Å². The molecule has 2 aromatic heterocycles. The molecule has 0 saturated heterocycles. The number of nitrogens with one attached hydrogen (secondary N) is 1. The van der Waals surface area contributed by atoms with Crippen molar-refractivity contribution in [2.45, 2.75) is 32.9 Å². The summed E-state index contributed by atoms with van der Waals surface area (Å²) in [6, 6.07) is 4.56. The Morgan fingerprint density at radius 1 is 1.47 bits per heavy atom. The summed E-state index contributed by atoms with van der Waals surface area (Å²) in [7, 11) is 0. The first-order valence-corrected chi connectivity index (χ1v) is 7.02. The lowest BCUT2D eigenvalue weighted by Gasteiger charge is -2.14. The number of hydrogen-bond donors (Lipinski definition) is 1. The third kappa shape index (κ3) is 2.96. The summed E-state index contributed by atoms with van der Waals surface area (Å²) in [6.07, 6.45) is 5.24. The molecule has 92 valence electrons. The van der Waals surface area contributed by atoms with Gasteiger partial charge in [0.15, 0.2) is 0 Å². The third-order valence-electron chi connectivity index (χ3n) is 2.68. The molecule has 0 bridgehead atoms. The Labute approximate surface area is 106 Å². The molecule has 1 unspecified atom stereocenters. The van der Waals surface area contributed by atoms with Gasteiger partial charge in [-0.3, -0.25) is 4.68 Å². The van der Waals surface area contributed by atoms with Gasteiger partial charge in [-0.1, -0.05) is 19.9 Å². The normalized spacial score (nSPS) is 12.8. The highest BCUT2D eigenvalue weighted by molar-refractivity contribution is 7.10. The molecule has 0 fully saturated rings. The van der Waals surface area contributed by atoms with E-state index in [1.54, 1.807) is 11.3 Å². The van der Waals surface area contributed by atoms with E-state index in [1.165, 1.54) is 10.4 Å². The van der Waals surface area contributed by atoms with Crippen molar-refractivity contribution in [2.24, 2.45) is 0 Å². The number of nitrogens with zero attached hydrogens (tertiary/aromatic N) is 2. The number of hydrogen-bond acceptors (Lipinski definition) is 3. The van der Waals surface area contributed by atoms with Crippen molar-refractivity contribution in [3.05, 3.63) is 40.3 Å².